The van der Waals surface area contributed by atoms with E-state index in [-0.39, 0.29) is 0 Å². The molecule has 0 radical (unpaired) electrons. The molecule has 0 fully saturated rings. The van der Waals surface area contributed by atoms with Gasteiger partial charge in [-0.2, -0.15) is 0 Å². The normalized spacial score (nSPS) is 10.7. The van der Waals surface area contributed by atoms with E-state index in [2.05, 4.69) is 48.1 Å². The smallest absolute Gasteiger partial charge is 0.177 e. The second-order valence-corrected chi connectivity index (χ2v) is 5.78. The number of benzene rings is 3. The largest absolute Gasteiger partial charge is 0.460 e. The fourth-order valence-corrected chi connectivity index (χ4v) is 3.06. The zero-order valence-electron chi connectivity index (χ0n) is 13.6. The van der Waals surface area contributed by atoms with Crippen molar-refractivity contribution in [3.63, 3.8) is 0 Å². The Morgan fingerprint density at radius 2 is 1.72 bits per heavy atom. The van der Waals surface area contributed by atoms with Gasteiger partial charge in [0.25, 0.3) is 0 Å². The first-order chi connectivity index (χ1) is 12.3. The van der Waals surface area contributed by atoms with Crippen molar-refractivity contribution in [3.8, 4) is 11.1 Å². The minimum atomic E-state index is 0.300. The molecule has 0 spiro atoms. The van der Waals surface area contributed by atoms with Crippen molar-refractivity contribution >= 4 is 28.9 Å². The SMILES string of the molecule is C=Nc1ccoc1C(=N)c1cccc(-c2cccc3ccccc23)c1. The van der Waals surface area contributed by atoms with Crippen molar-refractivity contribution in [2.75, 3.05) is 0 Å². The highest BCUT2D eigenvalue weighted by atomic mass is 16.3. The number of rotatable bonds is 4. The van der Waals surface area contributed by atoms with E-state index in [9.17, 15) is 0 Å². The summed E-state index contributed by atoms with van der Waals surface area (Å²) in [6.45, 7) is 3.53. The number of furan rings is 1. The molecule has 3 nitrogen and oxygen atoms in total. The van der Waals surface area contributed by atoms with Crippen molar-refractivity contribution in [3.05, 3.63) is 90.4 Å². The molecule has 0 aliphatic heterocycles. The minimum Gasteiger partial charge on any atom is -0.460 e. The molecule has 0 aliphatic rings. The third-order valence-electron chi connectivity index (χ3n) is 4.29. The van der Waals surface area contributed by atoms with E-state index in [0.29, 0.717) is 17.2 Å². The van der Waals surface area contributed by atoms with Gasteiger partial charge in [-0.3, -0.25) is 10.4 Å². The summed E-state index contributed by atoms with van der Waals surface area (Å²) in [5.74, 6) is 0.435. The van der Waals surface area contributed by atoms with Gasteiger partial charge >= 0.3 is 0 Å². The van der Waals surface area contributed by atoms with Gasteiger partial charge in [-0.05, 0) is 34.7 Å². The molecule has 0 amide bonds. The molecular formula is C22H16N2O. The molecule has 1 aromatic heterocycles. The number of nitrogens with one attached hydrogen (secondary N) is 1. The molecule has 25 heavy (non-hydrogen) atoms. The zero-order chi connectivity index (χ0) is 17.2. The molecule has 0 aliphatic carbocycles. The van der Waals surface area contributed by atoms with Crippen LogP contribution in [0.4, 0.5) is 5.69 Å². The lowest BCUT2D eigenvalue weighted by Crippen LogP contribution is -2.00. The summed E-state index contributed by atoms with van der Waals surface area (Å²) in [5.41, 5.74) is 3.88. The molecule has 120 valence electrons. The van der Waals surface area contributed by atoms with E-state index in [1.165, 1.54) is 17.0 Å². The molecule has 1 heterocycles. The van der Waals surface area contributed by atoms with E-state index in [1.54, 1.807) is 6.07 Å². The molecule has 3 heteroatoms. The van der Waals surface area contributed by atoms with Gasteiger partial charge in [-0.15, -0.1) is 0 Å². The average Bonchev–Trinajstić information content (AvgIpc) is 3.16. The van der Waals surface area contributed by atoms with Gasteiger partial charge in [0.05, 0.1) is 6.26 Å². The van der Waals surface area contributed by atoms with Crippen LogP contribution in [-0.2, 0) is 0 Å². The Balaban J connectivity index is 1.82. The topological polar surface area (TPSA) is 49.4 Å². The standard InChI is InChI=1S/C22H16N2O/c1-24-20-12-13-25-22(20)21(23)17-9-4-8-16(14-17)19-11-5-7-15-6-2-3-10-18(15)19/h2-14,23H,1H2. The number of hydrogen-bond acceptors (Lipinski definition) is 3. The van der Waals surface area contributed by atoms with E-state index < -0.39 is 0 Å². The van der Waals surface area contributed by atoms with E-state index >= 15 is 0 Å². The van der Waals surface area contributed by atoms with Gasteiger partial charge in [0, 0.05) is 11.6 Å². The maximum Gasteiger partial charge on any atom is 0.177 e. The zero-order valence-corrected chi connectivity index (χ0v) is 13.6. The summed E-state index contributed by atoms with van der Waals surface area (Å²) in [7, 11) is 0. The van der Waals surface area contributed by atoms with Crippen molar-refractivity contribution in [1.82, 2.24) is 0 Å². The van der Waals surface area contributed by atoms with Gasteiger partial charge in [0.2, 0.25) is 0 Å². The van der Waals surface area contributed by atoms with E-state index in [4.69, 9.17) is 9.83 Å². The van der Waals surface area contributed by atoms with E-state index in [1.807, 2.05) is 30.3 Å². The van der Waals surface area contributed by atoms with Crippen LogP contribution in [0.1, 0.15) is 11.3 Å². The highest BCUT2D eigenvalue weighted by Gasteiger charge is 2.14. The first-order valence-electron chi connectivity index (χ1n) is 7.99. The van der Waals surface area contributed by atoms with Gasteiger partial charge in [0.1, 0.15) is 11.4 Å². The third-order valence-corrected chi connectivity index (χ3v) is 4.29. The van der Waals surface area contributed by atoms with Gasteiger partial charge in [-0.1, -0.05) is 60.7 Å². The van der Waals surface area contributed by atoms with Crippen molar-refractivity contribution in [2.24, 2.45) is 4.99 Å². The van der Waals surface area contributed by atoms with Crippen LogP contribution in [0, 0.1) is 5.41 Å². The predicted octanol–water partition coefficient (Wildman–Crippen LogP) is 5.85. The minimum absolute atomic E-state index is 0.300. The van der Waals surface area contributed by atoms with Crippen molar-refractivity contribution in [2.45, 2.75) is 0 Å². The van der Waals surface area contributed by atoms with Crippen molar-refractivity contribution < 1.29 is 4.42 Å². The van der Waals surface area contributed by atoms with Crippen LogP contribution < -0.4 is 0 Å². The van der Waals surface area contributed by atoms with Crippen LogP contribution >= 0.6 is 0 Å². The highest BCUT2D eigenvalue weighted by Crippen LogP contribution is 2.30. The van der Waals surface area contributed by atoms with Gasteiger partial charge in [-0.25, -0.2) is 0 Å². The van der Waals surface area contributed by atoms with Crippen LogP contribution in [0.3, 0.4) is 0 Å². The predicted molar refractivity (Wildman–Crippen MR) is 103 cm³/mol. The Hall–Kier alpha value is -3.46. The maximum absolute atomic E-state index is 8.47. The van der Waals surface area contributed by atoms with Gasteiger partial charge in [0.15, 0.2) is 5.76 Å². The van der Waals surface area contributed by atoms with Crippen LogP contribution in [0.15, 0.2) is 88.5 Å². The first-order valence-corrected chi connectivity index (χ1v) is 7.99. The molecule has 0 bridgehead atoms. The highest BCUT2D eigenvalue weighted by molar-refractivity contribution is 6.12. The van der Waals surface area contributed by atoms with E-state index in [0.717, 1.165) is 16.7 Å². The number of aliphatic imine (C=N–C) groups is 1. The summed E-state index contributed by atoms with van der Waals surface area (Å²) >= 11 is 0. The second kappa shape index (κ2) is 6.21. The lowest BCUT2D eigenvalue weighted by molar-refractivity contribution is 0.558. The van der Waals surface area contributed by atoms with Crippen LogP contribution in [-0.4, -0.2) is 12.4 Å². The Kier molecular flexibility index (Phi) is 3.75. The average molecular weight is 324 g/mol. The van der Waals surface area contributed by atoms with Crippen LogP contribution in [0.2, 0.25) is 0 Å². The fourth-order valence-electron chi connectivity index (χ4n) is 3.06. The maximum atomic E-state index is 8.47. The molecule has 0 saturated heterocycles. The quantitative estimate of drug-likeness (QED) is 0.470. The fraction of sp³-hybridized carbons (Fsp3) is 0. The number of hydrogen-bond donors (Lipinski definition) is 1. The molecular weight excluding hydrogens is 308 g/mol. The summed E-state index contributed by atoms with van der Waals surface area (Å²) in [6, 6.07) is 24.2. The summed E-state index contributed by atoms with van der Waals surface area (Å²) in [4.78, 5) is 3.91. The Bertz CT molecular complexity index is 1090. The van der Waals surface area contributed by atoms with Crippen LogP contribution in [0.25, 0.3) is 21.9 Å². The van der Waals surface area contributed by atoms with Crippen LogP contribution in [0.5, 0.6) is 0 Å². The Labute approximate surface area is 145 Å². The molecule has 4 aromatic rings. The molecule has 0 unspecified atom stereocenters. The first kappa shape index (κ1) is 15.1. The summed E-state index contributed by atoms with van der Waals surface area (Å²) < 4.78 is 5.43. The summed E-state index contributed by atoms with van der Waals surface area (Å²) in [6.07, 6.45) is 1.53. The Morgan fingerprint density at radius 1 is 0.920 bits per heavy atom. The lowest BCUT2D eigenvalue weighted by Gasteiger charge is -2.09. The number of nitrogens with zero attached hydrogens (tertiary/aromatic N) is 1. The Morgan fingerprint density at radius 3 is 2.60 bits per heavy atom. The van der Waals surface area contributed by atoms with Gasteiger partial charge < -0.3 is 4.42 Å². The monoisotopic (exact) mass is 324 g/mol. The number of fused-ring (bicyclic) bond motifs is 1. The molecule has 3 aromatic carbocycles. The molecule has 0 saturated carbocycles. The second-order valence-electron chi connectivity index (χ2n) is 5.78. The third kappa shape index (κ3) is 2.66. The molecule has 0 atom stereocenters. The van der Waals surface area contributed by atoms with Crippen molar-refractivity contribution in [1.29, 1.82) is 5.41 Å². The molecule has 4 rings (SSSR count). The summed E-state index contributed by atoms with van der Waals surface area (Å²) in [5, 5.41) is 10.9. The molecule has 1 N–H and O–H groups in total. The lowest BCUT2D eigenvalue weighted by atomic mass is 9.95.